The lowest BCUT2D eigenvalue weighted by molar-refractivity contribution is 0.200. The fraction of sp³-hybridized carbons (Fsp3) is 0.278. The first kappa shape index (κ1) is 18.7. The third-order valence-electron chi connectivity index (χ3n) is 4.32. The first-order chi connectivity index (χ1) is 12.9. The van der Waals surface area contributed by atoms with E-state index < -0.39 is 16.1 Å². The monoisotopic (exact) mass is 385 g/mol. The number of piperazine rings is 1. The van der Waals surface area contributed by atoms with Crippen LogP contribution in [0.4, 0.5) is 10.6 Å². The molecule has 3 rings (SSSR count). The zero-order valence-corrected chi connectivity index (χ0v) is 15.6. The van der Waals surface area contributed by atoms with E-state index in [2.05, 4.69) is 9.71 Å². The molecular weight excluding hydrogens is 366 g/mol. The maximum Gasteiger partial charge on any atom is 0.331 e. The third-order valence-corrected chi connectivity index (χ3v) is 5.66. The number of hydrogen-bond donors (Lipinski definition) is 1. The van der Waals surface area contributed by atoms with Gasteiger partial charge in [0, 0.05) is 32.4 Å². The summed E-state index contributed by atoms with van der Waals surface area (Å²) in [5.41, 5.74) is 1.42. The Labute approximate surface area is 158 Å². The summed E-state index contributed by atoms with van der Waals surface area (Å²) in [4.78, 5) is 20.1. The molecule has 2 aromatic rings. The number of aromatic nitrogens is 1. The number of aryl methyl sites for hydroxylation is 1. The van der Waals surface area contributed by atoms with Crippen molar-refractivity contribution in [2.24, 2.45) is 0 Å². The Morgan fingerprint density at radius 2 is 1.78 bits per heavy atom. The number of hydrogen-bond acceptors (Lipinski definition) is 6. The highest BCUT2D eigenvalue weighted by molar-refractivity contribution is 7.90. The van der Waals surface area contributed by atoms with E-state index in [0.717, 1.165) is 11.4 Å². The van der Waals surface area contributed by atoms with Crippen molar-refractivity contribution in [2.45, 2.75) is 11.8 Å². The van der Waals surface area contributed by atoms with E-state index in [-0.39, 0.29) is 4.90 Å². The summed E-state index contributed by atoms with van der Waals surface area (Å²) in [5.74, 6) is 0.723. The lowest BCUT2D eigenvalue weighted by Crippen LogP contribution is -2.52. The lowest BCUT2D eigenvalue weighted by atomic mass is 10.2. The Morgan fingerprint density at radius 3 is 2.33 bits per heavy atom. The van der Waals surface area contributed by atoms with Crippen molar-refractivity contribution >= 4 is 21.9 Å². The average Bonchev–Trinajstić information content (AvgIpc) is 2.68. The van der Waals surface area contributed by atoms with Gasteiger partial charge in [0.2, 0.25) is 0 Å². The lowest BCUT2D eigenvalue weighted by Gasteiger charge is -2.35. The van der Waals surface area contributed by atoms with Gasteiger partial charge in [0.25, 0.3) is 10.0 Å². The molecule has 1 aromatic heterocycles. The molecule has 1 aliphatic rings. The van der Waals surface area contributed by atoms with E-state index >= 15 is 0 Å². The molecule has 9 heteroatoms. The smallest absolute Gasteiger partial charge is 0.331 e. The number of nitriles is 1. The first-order valence-electron chi connectivity index (χ1n) is 8.38. The van der Waals surface area contributed by atoms with Crippen LogP contribution >= 0.6 is 0 Å². The van der Waals surface area contributed by atoms with Crippen molar-refractivity contribution in [2.75, 3.05) is 31.1 Å². The van der Waals surface area contributed by atoms with Crippen LogP contribution in [0.5, 0.6) is 0 Å². The average molecular weight is 385 g/mol. The van der Waals surface area contributed by atoms with Crippen molar-refractivity contribution in [3.05, 3.63) is 53.7 Å². The molecule has 1 fully saturated rings. The van der Waals surface area contributed by atoms with Crippen LogP contribution in [0, 0.1) is 18.3 Å². The molecule has 1 N–H and O–H groups in total. The van der Waals surface area contributed by atoms with Gasteiger partial charge in [0.15, 0.2) is 0 Å². The van der Waals surface area contributed by atoms with Crippen LogP contribution in [0.25, 0.3) is 0 Å². The summed E-state index contributed by atoms with van der Waals surface area (Å²) in [5, 5.41) is 8.82. The molecule has 0 spiro atoms. The van der Waals surface area contributed by atoms with Gasteiger partial charge >= 0.3 is 6.03 Å². The Balaban J connectivity index is 1.59. The Bertz CT molecular complexity index is 958. The first-order valence-corrected chi connectivity index (χ1v) is 9.87. The molecule has 8 nitrogen and oxygen atoms in total. The fourth-order valence-corrected chi connectivity index (χ4v) is 3.70. The summed E-state index contributed by atoms with van der Waals surface area (Å²) in [6, 6.07) is 11.1. The van der Waals surface area contributed by atoms with Crippen LogP contribution < -0.4 is 9.62 Å². The summed E-state index contributed by atoms with van der Waals surface area (Å²) in [6.07, 6.45) is 1.50. The van der Waals surface area contributed by atoms with Gasteiger partial charge in [-0.15, -0.1) is 0 Å². The van der Waals surface area contributed by atoms with Gasteiger partial charge in [-0.25, -0.2) is 22.9 Å². The molecule has 0 bridgehead atoms. The number of nitrogens with one attached hydrogen (secondary N) is 1. The maximum absolute atomic E-state index is 12.3. The number of carbonyl (C=O) groups is 1. The Kier molecular flexibility index (Phi) is 5.28. The Hall–Kier alpha value is -3.12. The highest BCUT2D eigenvalue weighted by Gasteiger charge is 2.25. The minimum atomic E-state index is -3.90. The van der Waals surface area contributed by atoms with E-state index in [4.69, 9.17) is 5.26 Å². The molecule has 0 atom stereocenters. The quantitative estimate of drug-likeness (QED) is 0.858. The molecule has 0 unspecified atom stereocenters. The van der Waals surface area contributed by atoms with Crippen molar-refractivity contribution in [1.29, 1.82) is 5.26 Å². The van der Waals surface area contributed by atoms with Gasteiger partial charge in [0.05, 0.1) is 10.5 Å². The molecule has 1 saturated heterocycles. The molecule has 27 heavy (non-hydrogen) atoms. The van der Waals surface area contributed by atoms with Crippen LogP contribution in [0.3, 0.4) is 0 Å². The number of anilines is 1. The number of benzene rings is 1. The van der Waals surface area contributed by atoms with Crippen molar-refractivity contribution < 1.29 is 13.2 Å². The zero-order chi connectivity index (χ0) is 19.4. The van der Waals surface area contributed by atoms with Crippen LogP contribution in [0.2, 0.25) is 0 Å². The van der Waals surface area contributed by atoms with Crippen molar-refractivity contribution in [3.8, 4) is 6.07 Å². The van der Waals surface area contributed by atoms with E-state index in [1.165, 1.54) is 23.2 Å². The normalized spacial score (nSPS) is 14.5. The number of pyridine rings is 1. The highest BCUT2D eigenvalue weighted by atomic mass is 32.2. The minimum absolute atomic E-state index is 0.0573. The van der Waals surface area contributed by atoms with Crippen molar-refractivity contribution in [1.82, 2.24) is 14.6 Å². The Morgan fingerprint density at radius 1 is 1.11 bits per heavy atom. The molecule has 0 aliphatic carbocycles. The van der Waals surface area contributed by atoms with Crippen LogP contribution in [0.15, 0.2) is 47.5 Å². The molecule has 1 aromatic carbocycles. The number of amides is 2. The largest absolute Gasteiger partial charge is 0.353 e. The van der Waals surface area contributed by atoms with Gasteiger partial charge in [-0.1, -0.05) is 17.7 Å². The standard InChI is InChI=1S/C18H19N5O3S/c1-14-2-5-16(6-3-14)27(25,26)21-18(24)23-10-8-22(9-11-23)17-7-4-15(12-19)13-20-17/h2-7,13H,8-11H2,1H3,(H,21,24). The van der Waals surface area contributed by atoms with Gasteiger partial charge < -0.3 is 9.80 Å². The molecule has 0 saturated carbocycles. The van der Waals surface area contributed by atoms with E-state index in [1.807, 2.05) is 17.9 Å². The van der Waals surface area contributed by atoms with Gasteiger partial charge in [-0.05, 0) is 31.2 Å². The van der Waals surface area contributed by atoms with Crippen LogP contribution in [-0.4, -0.2) is 50.5 Å². The SMILES string of the molecule is Cc1ccc(S(=O)(=O)NC(=O)N2CCN(c3ccc(C#N)cn3)CC2)cc1. The third kappa shape index (κ3) is 4.35. The predicted molar refractivity (Wildman–Crippen MR) is 99.6 cm³/mol. The summed E-state index contributed by atoms with van der Waals surface area (Å²) < 4.78 is 26.8. The topological polar surface area (TPSA) is 106 Å². The van der Waals surface area contributed by atoms with E-state index in [1.54, 1.807) is 24.3 Å². The summed E-state index contributed by atoms with van der Waals surface area (Å²) in [7, 11) is -3.90. The fourth-order valence-electron chi connectivity index (χ4n) is 2.73. The second-order valence-corrected chi connectivity index (χ2v) is 7.90. The number of carbonyl (C=O) groups excluding carboxylic acids is 1. The van der Waals surface area contributed by atoms with E-state index in [9.17, 15) is 13.2 Å². The van der Waals surface area contributed by atoms with E-state index in [0.29, 0.717) is 31.7 Å². The highest BCUT2D eigenvalue weighted by Crippen LogP contribution is 2.15. The second-order valence-electron chi connectivity index (χ2n) is 6.21. The molecule has 0 radical (unpaired) electrons. The molecular formula is C18H19N5O3S. The number of rotatable bonds is 3. The minimum Gasteiger partial charge on any atom is -0.353 e. The molecule has 1 aliphatic heterocycles. The number of sulfonamides is 1. The van der Waals surface area contributed by atoms with Gasteiger partial charge in [-0.2, -0.15) is 5.26 Å². The summed E-state index contributed by atoms with van der Waals surface area (Å²) in [6.45, 7) is 3.65. The van der Waals surface area contributed by atoms with Gasteiger partial charge in [-0.3, -0.25) is 0 Å². The maximum atomic E-state index is 12.3. The van der Waals surface area contributed by atoms with Crippen molar-refractivity contribution in [3.63, 3.8) is 0 Å². The van der Waals surface area contributed by atoms with Crippen LogP contribution in [0.1, 0.15) is 11.1 Å². The second kappa shape index (κ2) is 7.63. The van der Waals surface area contributed by atoms with Crippen LogP contribution in [-0.2, 0) is 10.0 Å². The predicted octanol–water partition coefficient (Wildman–Crippen LogP) is 1.48. The molecule has 2 heterocycles. The molecule has 140 valence electrons. The number of nitrogens with zero attached hydrogens (tertiary/aromatic N) is 4. The van der Waals surface area contributed by atoms with Gasteiger partial charge in [0.1, 0.15) is 11.9 Å². The number of urea groups is 1. The zero-order valence-electron chi connectivity index (χ0n) is 14.8. The molecule has 2 amide bonds. The summed E-state index contributed by atoms with van der Waals surface area (Å²) >= 11 is 0.